The summed E-state index contributed by atoms with van der Waals surface area (Å²) in [6.45, 7) is 0.421. The number of phenolic OH excluding ortho intramolecular Hbond substituents is 1. The molecule has 2 N–H and O–H groups in total. The zero-order chi connectivity index (χ0) is 14.7. The number of nitrogens with zero attached hydrogens (tertiary/aromatic N) is 3. The van der Waals surface area contributed by atoms with Gasteiger partial charge in [0.1, 0.15) is 11.6 Å². The highest BCUT2D eigenvalue weighted by atomic mass is 19.1. The van der Waals surface area contributed by atoms with Crippen LogP contribution in [-0.4, -0.2) is 20.1 Å². The fraction of sp³-hybridized carbons (Fsp3) is 0.0667. The second-order valence-electron chi connectivity index (χ2n) is 4.54. The van der Waals surface area contributed by atoms with Crippen molar-refractivity contribution in [2.24, 2.45) is 0 Å². The van der Waals surface area contributed by atoms with Crippen LogP contribution in [0.1, 0.15) is 5.56 Å². The van der Waals surface area contributed by atoms with Gasteiger partial charge in [0, 0.05) is 18.3 Å². The van der Waals surface area contributed by atoms with Crippen LogP contribution in [0.4, 0.5) is 10.1 Å². The number of phenols is 1. The third kappa shape index (κ3) is 3.17. The van der Waals surface area contributed by atoms with Gasteiger partial charge in [0.05, 0.1) is 18.1 Å². The minimum absolute atomic E-state index is 0.0769. The van der Waals surface area contributed by atoms with Gasteiger partial charge in [-0.2, -0.15) is 15.0 Å². The Balaban J connectivity index is 1.68. The SMILES string of the molecule is Oc1cc(F)cc(CNc2ccc(-n3nccn3)cc2)c1. The molecule has 3 aromatic rings. The van der Waals surface area contributed by atoms with E-state index in [1.165, 1.54) is 16.9 Å². The molecule has 0 radical (unpaired) electrons. The lowest BCUT2D eigenvalue weighted by atomic mass is 10.2. The van der Waals surface area contributed by atoms with E-state index in [0.29, 0.717) is 12.1 Å². The molecule has 0 fully saturated rings. The number of hydrogen-bond donors (Lipinski definition) is 2. The number of hydrogen-bond acceptors (Lipinski definition) is 4. The average Bonchev–Trinajstić information content (AvgIpc) is 2.99. The molecule has 106 valence electrons. The largest absolute Gasteiger partial charge is 0.508 e. The monoisotopic (exact) mass is 284 g/mol. The zero-order valence-electron chi connectivity index (χ0n) is 11.1. The second kappa shape index (κ2) is 5.62. The molecule has 0 amide bonds. The molecule has 0 saturated heterocycles. The summed E-state index contributed by atoms with van der Waals surface area (Å²) in [6.07, 6.45) is 3.23. The first-order valence-corrected chi connectivity index (χ1v) is 6.40. The third-order valence-corrected chi connectivity index (χ3v) is 2.96. The van der Waals surface area contributed by atoms with Crippen molar-refractivity contribution in [2.45, 2.75) is 6.54 Å². The van der Waals surface area contributed by atoms with Gasteiger partial charge in [0.15, 0.2) is 0 Å². The summed E-state index contributed by atoms with van der Waals surface area (Å²) in [4.78, 5) is 1.52. The minimum atomic E-state index is -0.452. The Morgan fingerprint density at radius 1 is 1.05 bits per heavy atom. The Hall–Kier alpha value is -2.89. The molecule has 6 heteroatoms. The molecule has 0 unspecified atom stereocenters. The van der Waals surface area contributed by atoms with Gasteiger partial charge in [-0.15, -0.1) is 0 Å². The van der Waals surface area contributed by atoms with Gasteiger partial charge in [-0.25, -0.2) is 4.39 Å². The summed E-state index contributed by atoms with van der Waals surface area (Å²) in [6, 6.07) is 11.5. The van der Waals surface area contributed by atoms with Gasteiger partial charge in [0.25, 0.3) is 0 Å². The van der Waals surface area contributed by atoms with Crippen molar-refractivity contribution in [2.75, 3.05) is 5.32 Å². The molecule has 0 bridgehead atoms. The van der Waals surface area contributed by atoms with Crippen molar-refractivity contribution in [3.63, 3.8) is 0 Å². The first kappa shape index (κ1) is 13.1. The maximum absolute atomic E-state index is 13.2. The highest BCUT2D eigenvalue weighted by molar-refractivity contribution is 5.48. The molecule has 1 heterocycles. The van der Waals surface area contributed by atoms with E-state index in [1.807, 2.05) is 24.3 Å². The molecule has 0 aliphatic heterocycles. The van der Waals surface area contributed by atoms with E-state index in [4.69, 9.17) is 0 Å². The molecule has 21 heavy (non-hydrogen) atoms. The summed E-state index contributed by atoms with van der Waals surface area (Å²) in [5, 5.41) is 20.6. The van der Waals surface area contributed by atoms with Crippen molar-refractivity contribution in [1.82, 2.24) is 15.0 Å². The summed E-state index contributed by atoms with van der Waals surface area (Å²) < 4.78 is 13.2. The molecule has 0 aliphatic carbocycles. The van der Waals surface area contributed by atoms with Crippen LogP contribution >= 0.6 is 0 Å². The maximum Gasteiger partial charge on any atom is 0.127 e. The fourth-order valence-electron chi connectivity index (χ4n) is 2.00. The van der Waals surface area contributed by atoms with Crippen molar-refractivity contribution in [3.8, 4) is 11.4 Å². The Labute approximate surface area is 120 Å². The van der Waals surface area contributed by atoms with Crippen molar-refractivity contribution >= 4 is 5.69 Å². The Bertz CT molecular complexity index is 706. The van der Waals surface area contributed by atoms with Gasteiger partial charge in [-0.05, 0) is 42.0 Å². The Kier molecular flexibility index (Phi) is 3.51. The van der Waals surface area contributed by atoms with Crippen LogP contribution in [0.2, 0.25) is 0 Å². The topological polar surface area (TPSA) is 63.0 Å². The molecule has 0 spiro atoms. The summed E-state index contributed by atoms with van der Waals surface area (Å²) >= 11 is 0. The van der Waals surface area contributed by atoms with Gasteiger partial charge in [-0.3, -0.25) is 0 Å². The molecule has 0 aliphatic rings. The molecular formula is C15H13FN4O. The van der Waals surface area contributed by atoms with Gasteiger partial charge < -0.3 is 10.4 Å². The lowest BCUT2D eigenvalue weighted by Gasteiger charge is -2.08. The van der Waals surface area contributed by atoms with Crippen LogP contribution < -0.4 is 5.32 Å². The normalized spacial score (nSPS) is 10.5. The molecule has 2 aromatic carbocycles. The lowest BCUT2D eigenvalue weighted by molar-refractivity contribution is 0.468. The van der Waals surface area contributed by atoms with Gasteiger partial charge in [0.2, 0.25) is 0 Å². The lowest BCUT2D eigenvalue weighted by Crippen LogP contribution is -2.01. The smallest absolute Gasteiger partial charge is 0.127 e. The molecular weight excluding hydrogens is 271 g/mol. The highest BCUT2D eigenvalue weighted by Gasteiger charge is 2.01. The van der Waals surface area contributed by atoms with Crippen molar-refractivity contribution in [1.29, 1.82) is 0 Å². The molecule has 0 saturated carbocycles. The zero-order valence-corrected chi connectivity index (χ0v) is 11.1. The molecule has 1 aromatic heterocycles. The van der Waals surface area contributed by atoms with E-state index in [9.17, 15) is 9.50 Å². The maximum atomic E-state index is 13.2. The van der Waals surface area contributed by atoms with Gasteiger partial charge in [-0.1, -0.05) is 0 Å². The highest BCUT2D eigenvalue weighted by Crippen LogP contribution is 2.17. The number of anilines is 1. The molecule has 0 atom stereocenters. The fourth-order valence-corrected chi connectivity index (χ4v) is 2.00. The summed E-state index contributed by atoms with van der Waals surface area (Å²) in [7, 11) is 0. The predicted molar refractivity (Wildman–Crippen MR) is 76.8 cm³/mol. The van der Waals surface area contributed by atoms with Crippen LogP contribution in [0.25, 0.3) is 5.69 Å². The number of benzene rings is 2. The Morgan fingerprint density at radius 3 is 2.43 bits per heavy atom. The second-order valence-corrected chi connectivity index (χ2v) is 4.54. The quantitative estimate of drug-likeness (QED) is 0.773. The van der Waals surface area contributed by atoms with E-state index < -0.39 is 5.82 Å². The van der Waals surface area contributed by atoms with Crippen LogP contribution in [0.3, 0.4) is 0 Å². The standard InChI is InChI=1S/C15H13FN4O/c16-12-7-11(8-15(21)9-12)10-17-13-1-3-14(4-2-13)20-18-5-6-19-20/h1-9,17,21H,10H2. The van der Waals surface area contributed by atoms with E-state index in [1.54, 1.807) is 12.4 Å². The van der Waals surface area contributed by atoms with Gasteiger partial charge >= 0.3 is 0 Å². The van der Waals surface area contributed by atoms with Crippen molar-refractivity contribution < 1.29 is 9.50 Å². The summed E-state index contributed by atoms with van der Waals surface area (Å²) in [5.41, 5.74) is 2.41. The number of halogens is 1. The average molecular weight is 284 g/mol. The first-order chi connectivity index (χ1) is 10.2. The number of aromatic nitrogens is 3. The van der Waals surface area contributed by atoms with Crippen LogP contribution in [0, 0.1) is 5.82 Å². The predicted octanol–water partition coefficient (Wildman–Crippen LogP) is 2.72. The van der Waals surface area contributed by atoms with E-state index in [-0.39, 0.29) is 5.75 Å². The minimum Gasteiger partial charge on any atom is -0.508 e. The van der Waals surface area contributed by atoms with Crippen LogP contribution in [0.15, 0.2) is 54.9 Å². The van der Waals surface area contributed by atoms with E-state index >= 15 is 0 Å². The number of nitrogens with one attached hydrogen (secondary N) is 1. The molecule has 5 nitrogen and oxygen atoms in total. The number of aromatic hydroxyl groups is 1. The Morgan fingerprint density at radius 2 is 1.76 bits per heavy atom. The first-order valence-electron chi connectivity index (χ1n) is 6.40. The summed E-state index contributed by atoms with van der Waals surface area (Å²) in [5.74, 6) is -0.529. The van der Waals surface area contributed by atoms with Crippen molar-refractivity contribution in [3.05, 3.63) is 66.2 Å². The van der Waals surface area contributed by atoms with Crippen LogP contribution in [-0.2, 0) is 6.54 Å². The van der Waals surface area contributed by atoms with E-state index in [2.05, 4.69) is 15.5 Å². The van der Waals surface area contributed by atoms with E-state index in [0.717, 1.165) is 17.4 Å². The van der Waals surface area contributed by atoms with Crippen LogP contribution in [0.5, 0.6) is 5.75 Å². The number of rotatable bonds is 4. The molecule has 3 rings (SSSR count). The third-order valence-electron chi connectivity index (χ3n) is 2.96.